The van der Waals surface area contributed by atoms with Gasteiger partial charge < -0.3 is 20.7 Å². The molecule has 0 radical (unpaired) electrons. The molecule has 7 heteroatoms. The van der Waals surface area contributed by atoms with E-state index in [1.807, 2.05) is 54.6 Å². The SMILES string of the molecule is CC(C[C@H]1CCC[C@H](c2ccc(NC(=O)c3cc4ccccc4[nH]3)cc2)C1)(NC=O)C(=O)O. The quantitative estimate of drug-likeness (QED) is 0.376. The van der Waals surface area contributed by atoms with Crippen molar-refractivity contribution in [2.24, 2.45) is 5.92 Å². The van der Waals surface area contributed by atoms with Gasteiger partial charge in [-0.05, 0) is 67.9 Å². The van der Waals surface area contributed by atoms with Crippen molar-refractivity contribution < 1.29 is 19.5 Å². The number of fused-ring (bicyclic) bond motifs is 1. The number of carbonyl (C=O) groups is 3. The number of aromatic amines is 1. The maximum absolute atomic E-state index is 12.6. The molecule has 7 nitrogen and oxygen atoms in total. The Morgan fingerprint density at radius 2 is 1.91 bits per heavy atom. The zero-order valence-corrected chi connectivity index (χ0v) is 18.6. The van der Waals surface area contributed by atoms with Gasteiger partial charge in [-0.3, -0.25) is 9.59 Å². The second-order valence-corrected chi connectivity index (χ2v) is 9.18. The van der Waals surface area contributed by atoms with Crippen LogP contribution >= 0.6 is 0 Å². The Hall–Kier alpha value is -3.61. The number of para-hydroxylation sites is 1. The number of carboxylic acids is 1. The Bertz CT molecular complexity index is 1120. The highest BCUT2D eigenvalue weighted by atomic mass is 16.4. The maximum atomic E-state index is 12.6. The first-order chi connectivity index (χ1) is 15.9. The number of amides is 2. The zero-order chi connectivity index (χ0) is 23.4. The van der Waals surface area contributed by atoms with Gasteiger partial charge in [0.05, 0.1) is 0 Å². The number of aromatic nitrogens is 1. The molecular formula is C26H29N3O4. The van der Waals surface area contributed by atoms with Crippen LogP contribution in [0, 0.1) is 5.92 Å². The number of nitrogens with one attached hydrogen (secondary N) is 3. The van der Waals surface area contributed by atoms with E-state index < -0.39 is 11.5 Å². The minimum Gasteiger partial charge on any atom is -0.480 e. The van der Waals surface area contributed by atoms with Gasteiger partial charge in [-0.1, -0.05) is 43.2 Å². The van der Waals surface area contributed by atoms with Crippen molar-refractivity contribution in [1.29, 1.82) is 0 Å². The molecule has 3 aromatic rings. The molecule has 0 bridgehead atoms. The van der Waals surface area contributed by atoms with Crippen LogP contribution in [0.4, 0.5) is 5.69 Å². The number of rotatable bonds is 8. The summed E-state index contributed by atoms with van der Waals surface area (Å²) in [7, 11) is 0. The third kappa shape index (κ3) is 5.08. The summed E-state index contributed by atoms with van der Waals surface area (Å²) in [6, 6.07) is 17.5. The van der Waals surface area contributed by atoms with Crippen molar-refractivity contribution in [3.8, 4) is 0 Å². The van der Waals surface area contributed by atoms with Crippen molar-refractivity contribution in [2.75, 3.05) is 5.32 Å². The minimum atomic E-state index is -1.24. The van der Waals surface area contributed by atoms with Crippen LogP contribution in [-0.4, -0.2) is 33.9 Å². The van der Waals surface area contributed by atoms with Crippen LogP contribution in [0.1, 0.15) is 61.0 Å². The molecule has 33 heavy (non-hydrogen) atoms. The Morgan fingerprint density at radius 1 is 1.15 bits per heavy atom. The number of hydrogen-bond donors (Lipinski definition) is 4. The third-order valence-electron chi connectivity index (χ3n) is 6.74. The smallest absolute Gasteiger partial charge is 0.329 e. The van der Waals surface area contributed by atoms with E-state index in [0.717, 1.165) is 42.3 Å². The fraction of sp³-hybridized carbons (Fsp3) is 0.346. The van der Waals surface area contributed by atoms with Crippen molar-refractivity contribution in [2.45, 2.75) is 50.5 Å². The number of hydrogen-bond acceptors (Lipinski definition) is 3. The second-order valence-electron chi connectivity index (χ2n) is 9.18. The summed E-state index contributed by atoms with van der Waals surface area (Å²) in [5.41, 5.74) is 2.10. The molecule has 0 saturated heterocycles. The van der Waals surface area contributed by atoms with Crippen molar-refractivity contribution in [1.82, 2.24) is 10.3 Å². The van der Waals surface area contributed by atoms with Gasteiger partial charge in [0.2, 0.25) is 6.41 Å². The molecule has 1 aliphatic carbocycles. The first-order valence-electron chi connectivity index (χ1n) is 11.3. The lowest BCUT2D eigenvalue weighted by Gasteiger charge is -2.34. The molecule has 4 N–H and O–H groups in total. The Kier molecular flexibility index (Phi) is 6.49. The highest BCUT2D eigenvalue weighted by Gasteiger charge is 2.37. The van der Waals surface area contributed by atoms with Gasteiger partial charge in [-0.2, -0.15) is 0 Å². The molecule has 1 aliphatic rings. The third-order valence-corrected chi connectivity index (χ3v) is 6.74. The summed E-state index contributed by atoms with van der Waals surface area (Å²) in [5.74, 6) is -0.644. The van der Waals surface area contributed by atoms with E-state index in [4.69, 9.17) is 0 Å². The predicted octanol–water partition coefficient (Wildman–Crippen LogP) is 4.67. The fourth-order valence-corrected chi connectivity index (χ4v) is 4.93. The lowest BCUT2D eigenvalue weighted by atomic mass is 9.73. The molecule has 1 unspecified atom stereocenters. The van der Waals surface area contributed by atoms with E-state index in [0.29, 0.717) is 24.4 Å². The van der Waals surface area contributed by atoms with Gasteiger partial charge in [-0.15, -0.1) is 0 Å². The summed E-state index contributed by atoms with van der Waals surface area (Å²) < 4.78 is 0. The molecule has 0 spiro atoms. The van der Waals surface area contributed by atoms with E-state index in [9.17, 15) is 19.5 Å². The zero-order valence-electron chi connectivity index (χ0n) is 18.6. The van der Waals surface area contributed by atoms with Crippen LogP contribution in [0.2, 0.25) is 0 Å². The van der Waals surface area contributed by atoms with E-state index in [-0.39, 0.29) is 11.8 Å². The van der Waals surface area contributed by atoms with Crippen molar-refractivity contribution in [3.05, 3.63) is 65.9 Å². The van der Waals surface area contributed by atoms with Gasteiger partial charge in [0.15, 0.2) is 0 Å². The normalized spacial score (nSPS) is 20.0. The van der Waals surface area contributed by atoms with Crippen LogP contribution in [0.25, 0.3) is 10.9 Å². The Balaban J connectivity index is 1.39. The average Bonchev–Trinajstić information content (AvgIpc) is 3.24. The number of carboxylic acid groups (broad SMARTS) is 1. The first kappa shape index (κ1) is 22.6. The number of aliphatic carboxylic acids is 1. The van der Waals surface area contributed by atoms with Crippen LogP contribution in [0.15, 0.2) is 54.6 Å². The Labute approximate surface area is 192 Å². The van der Waals surface area contributed by atoms with Crippen LogP contribution in [-0.2, 0) is 9.59 Å². The second kappa shape index (κ2) is 9.48. The molecule has 2 amide bonds. The predicted molar refractivity (Wildman–Crippen MR) is 127 cm³/mol. The van der Waals surface area contributed by atoms with Gasteiger partial charge >= 0.3 is 5.97 Å². The maximum Gasteiger partial charge on any atom is 0.329 e. The summed E-state index contributed by atoms with van der Waals surface area (Å²) in [4.78, 5) is 38.3. The summed E-state index contributed by atoms with van der Waals surface area (Å²) in [6.45, 7) is 1.57. The van der Waals surface area contributed by atoms with Gasteiger partial charge in [0.25, 0.3) is 5.91 Å². The highest BCUT2D eigenvalue weighted by molar-refractivity contribution is 6.05. The van der Waals surface area contributed by atoms with Crippen LogP contribution in [0.3, 0.4) is 0 Å². The largest absolute Gasteiger partial charge is 0.480 e. The molecule has 1 saturated carbocycles. The molecule has 1 fully saturated rings. The van der Waals surface area contributed by atoms with Gasteiger partial charge in [0, 0.05) is 16.6 Å². The van der Waals surface area contributed by atoms with E-state index in [1.165, 1.54) is 5.56 Å². The molecule has 1 aromatic heterocycles. The molecule has 172 valence electrons. The topological polar surface area (TPSA) is 111 Å². The molecule has 0 aliphatic heterocycles. The number of benzene rings is 2. The summed E-state index contributed by atoms with van der Waals surface area (Å²) in [6.07, 6.45) is 4.78. The Morgan fingerprint density at radius 3 is 2.61 bits per heavy atom. The van der Waals surface area contributed by atoms with Crippen molar-refractivity contribution in [3.63, 3.8) is 0 Å². The molecule has 1 heterocycles. The van der Waals surface area contributed by atoms with Gasteiger partial charge in [0.1, 0.15) is 11.2 Å². The van der Waals surface area contributed by atoms with Crippen molar-refractivity contribution >= 4 is 34.9 Å². The fourth-order valence-electron chi connectivity index (χ4n) is 4.93. The average molecular weight is 448 g/mol. The van der Waals surface area contributed by atoms with E-state index in [1.54, 1.807) is 6.92 Å². The number of anilines is 1. The monoisotopic (exact) mass is 447 g/mol. The van der Waals surface area contributed by atoms with Crippen LogP contribution < -0.4 is 10.6 Å². The van der Waals surface area contributed by atoms with Gasteiger partial charge in [-0.25, -0.2) is 4.79 Å². The lowest BCUT2D eigenvalue weighted by molar-refractivity contribution is -0.146. The summed E-state index contributed by atoms with van der Waals surface area (Å²) >= 11 is 0. The summed E-state index contributed by atoms with van der Waals surface area (Å²) in [5, 5.41) is 16.0. The van der Waals surface area contributed by atoms with Crippen LogP contribution in [0.5, 0.6) is 0 Å². The minimum absolute atomic E-state index is 0.188. The van der Waals surface area contributed by atoms with E-state index in [2.05, 4.69) is 15.6 Å². The first-order valence-corrected chi connectivity index (χ1v) is 11.3. The lowest BCUT2D eigenvalue weighted by Crippen LogP contribution is -2.50. The molecule has 4 rings (SSSR count). The molecular weight excluding hydrogens is 418 g/mol. The molecule has 3 atom stereocenters. The standard InChI is InChI=1S/C26H29N3O4/c1-26(25(32)33,27-16-30)15-17-5-4-7-19(13-17)18-9-11-21(12-10-18)28-24(31)23-14-20-6-2-3-8-22(20)29-23/h2-3,6,8-12,14,16-17,19,29H,4-5,7,13,15H2,1H3,(H,27,30)(H,28,31)(H,32,33)/t17-,19-,26?/m0/s1. The highest BCUT2D eigenvalue weighted by Crippen LogP contribution is 2.39. The number of carbonyl (C=O) groups excluding carboxylic acids is 2. The number of H-pyrrole nitrogens is 1. The molecule has 2 aromatic carbocycles. The van der Waals surface area contributed by atoms with E-state index >= 15 is 0 Å².